The first-order valence-electron chi connectivity index (χ1n) is 6.33. The molecule has 2 unspecified atom stereocenters. The van der Waals surface area contributed by atoms with Crippen LogP contribution in [0.4, 0.5) is 11.4 Å². The largest absolute Gasteiger partial charge is 0.382 e. The van der Waals surface area contributed by atoms with Gasteiger partial charge in [0.25, 0.3) is 5.69 Å². The Morgan fingerprint density at radius 3 is 2.89 bits per heavy atom. The van der Waals surface area contributed by atoms with Crippen LogP contribution in [0, 0.1) is 23.0 Å². The maximum absolute atomic E-state index is 10.8. The van der Waals surface area contributed by atoms with Crippen molar-refractivity contribution in [3.63, 3.8) is 0 Å². The van der Waals surface area contributed by atoms with E-state index in [0.29, 0.717) is 18.5 Å². The van der Waals surface area contributed by atoms with E-state index < -0.39 is 0 Å². The Balaban J connectivity index is 2.16. The molecular weight excluding hydrogens is 230 g/mol. The highest BCUT2D eigenvalue weighted by molar-refractivity contribution is 5.54. The second kappa shape index (κ2) is 5.35. The Bertz CT molecular complexity index is 448. The maximum atomic E-state index is 10.8. The van der Waals surface area contributed by atoms with E-state index in [0.717, 1.165) is 24.1 Å². The molecule has 1 saturated carbocycles. The first-order valence-corrected chi connectivity index (χ1v) is 6.33. The standard InChI is InChI=1S/C13H19N3O2/c1-9-5-11(7-12(6-9)16(17)18)15-13-4-2-3-10(13)8-14/h5-7,10,13,15H,2-4,8,14H2,1H3. The molecule has 1 aliphatic rings. The molecule has 0 amide bonds. The fourth-order valence-electron chi connectivity index (χ4n) is 2.67. The van der Waals surface area contributed by atoms with Gasteiger partial charge in [0.2, 0.25) is 0 Å². The third kappa shape index (κ3) is 2.79. The van der Waals surface area contributed by atoms with Crippen LogP contribution < -0.4 is 11.1 Å². The molecule has 1 aromatic rings. The molecule has 0 saturated heterocycles. The van der Waals surface area contributed by atoms with Crippen LogP contribution in [0.15, 0.2) is 18.2 Å². The molecule has 2 rings (SSSR count). The number of anilines is 1. The predicted octanol–water partition coefficient (Wildman–Crippen LogP) is 2.44. The number of nitro benzene ring substituents is 1. The van der Waals surface area contributed by atoms with Crippen molar-refractivity contribution in [2.24, 2.45) is 11.7 Å². The number of nitrogens with zero attached hydrogens (tertiary/aromatic N) is 1. The topological polar surface area (TPSA) is 81.2 Å². The second-order valence-electron chi connectivity index (χ2n) is 4.99. The van der Waals surface area contributed by atoms with Crippen molar-refractivity contribution in [3.05, 3.63) is 33.9 Å². The van der Waals surface area contributed by atoms with E-state index in [-0.39, 0.29) is 10.6 Å². The zero-order valence-electron chi connectivity index (χ0n) is 10.6. The van der Waals surface area contributed by atoms with Crippen LogP contribution in [-0.2, 0) is 0 Å². The molecule has 0 spiro atoms. The first kappa shape index (κ1) is 12.8. The molecule has 5 heteroatoms. The van der Waals surface area contributed by atoms with Crippen molar-refractivity contribution in [2.75, 3.05) is 11.9 Å². The monoisotopic (exact) mass is 249 g/mol. The summed E-state index contributed by atoms with van der Waals surface area (Å²) in [5.41, 5.74) is 7.60. The molecule has 98 valence electrons. The second-order valence-corrected chi connectivity index (χ2v) is 4.99. The van der Waals surface area contributed by atoms with Gasteiger partial charge in [-0.2, -0.15) is 0 Å². The van der Waals surface area contributed by atoms with Gasteiger partial charge in [-0.05, 0) is 43.9 Å². The molecule has 1 aromatic carbocycles. The van der Waals surface area contributed by atoms with Gasteiger partial charge < -0.3 is 11.1 Å². The lowest BCUT2D eigenvalue weighted by Gasteiger charge is -2.20. The maximum Gasteiger partial charge on any atom is 0.271 e. The van der Waals surface area contributed by atoms with E-state index in [9.17, 15) is 10.1 Å². The minimum absolute atomic E-state index is 0.139. The van der Waals surface area contributed by atoms with E-state index in [1.807, 2.05) is 13.0 Å². The number of rotatable bonds is 4. The summed E-state index contributed by atoms with van der Waals surface area (Å²) in [4.78, 5) is 10.5. The number of hydrogen-bond donors (Lipinski definition) is 2. The molecule has 2 atom stereocenters. The van der Waals surface area contributed by atoms with Gasteiger partial charge in [-0.25, -0.2) is 0 Å². The van der Waals surface area contributed by atoms with Crippen LogP contribution in [0.25, 0.3) is 0 Å². The van der Waals surface area contributed by atoms with E-state index in [4.69, 9.17) is 5.73 Å². The van der Waals surface area contributed by atoms with E-state index >= 15 is 0 Å². The normalized spacial score (nSPS) is 23.0. The molecule has 18 heavy (non-hydrogen) atoms. The molecule has 0 radical (unpaired) electrons. The minimum atomic E-state index is -0.354. The Morgan fingerprint density at radius 2 is 2.22 bits per heavy atom. The van der Waals surface area contributed by atoms with Crippen LogP contribution in [0.1, 0.15) is 24.8 Å². The first-order chi connectivity index (χ1) is 8.60. The third-order valence-corrected chi connectivity index (χ3v) is 3.59. The Morgan fingerprint density at radius 1 is 1.44 bits per heavy atom. The van der Waals surface area contributed by atoms with Crippen molar-refractivity contribution < 1.29 is 4.92 Å². The van der Waals surface area contributed by atoms with Gasteiger partial charge in [-0.3, -0.25) is 10.1 Å². The lowest BCUT2D eigenvalue weighted by molar-refractivity contribution is -0.384. The number of hydrogen-bond acceptors (Lipinski definition) is 4. The lowest BCUT2D eigenvalue weighted by atomic mass is 10.0. The number of nitrogens with one attached hydrogen (secondary N) is 1. The summed E-state index contributed by atoms with van der Waals surface area (Å²) in [5.74, 6) is 0.476. The summed E-state index contributed by atoms with van der Waals surface area (Å²) in [6.07, 6.45) is 3.40. The molecule has 1 aliphatic carbocycles. The lowest BCUT2D eigenvalue weighted by Crippen LogP contribution is -2.29. The van der Waals surface area contributed by atoms with Crippen LogP contribution in [0.5, 0.6) is 0 Å². The van der Waals surface area contributed by atoms with Gasteiger partial charge in [0.1, 0.15) is 0 Å². The zero-order valence-corrected chi connectivity index (χ0v) is 10.6. The fraction of sp³-hybridized carbons (Fsp3) is 0.538. The van der Waals surface area contributed by atoms with Crippen LogP contribution >= 0.6 is 0 Å². The van der Waals surface area contributed by atoms with Gasteiger partial charge >= 0.3 is 0 Å². The SMILES string of the molecule is Cc1cc(NC2CCCC2CN)cc([N+](=O)[O-])c1. The van der Waals surface area contributed by atoms with Crippen LogP contribution in [0.3, 0.4) is 0 Å². The van der Waals surface area contributed by atoms with Crippen molar-refractivity contribution in [2.45, 2.75) is 32.2 Å². The summed E-state index contributed by atoms with van der Waals surface area (Å²) in [6, 6.07) is 5.47. The number of aryl methyl sites for hydroxylation is 1. The molecule has 1 fully saturated rings. The molecule has 0 bridgehead atoms. The highest BCUT2D eigenvalue weighted by Gasteiger charge is 2.26. The zero-order chi connectivity index (χ0) is 13.1. The third-order valence-electron chi connectivity index (χ3n) is 3.59. The number of nitro groups is 1. The van der Waals surface area contributed by atoms with Gasteiger partial charge in [0.15, 0.2) is 0 Å². The van der Waals surface area contributed by atoms with E-state index in [2.05, 4.69) is 5.32 Å². The van der Waals surface area contributed by atoms with Crippen molar-refractivity contribution in [1.82, 2.24) is 0 Å². The Labute approximate surface area is 107 Å². The van der Waals surface area contributed by atoms with Gasteiger partial charge in [-0.1, -0.05) is 6.42 Å². The predicted molar refractivity (Wildman–Crippen MR) is 71.6 cm³/mol. The smallest absolute Gasteiger partial charge is 0.271 e. The van der Waals surface area contributed by atoms with Gasteiger partial charge in [0.05, 0.1) is 4.92 Å². The number of benzene rings is 1. The van der Waals surface area contributed by atoms with E-state index in [1.165, 1.54) is 6.42 Å². The molecule has 0 heterocycles. The van der Waals surface area contributed by atoms with Crippen molar-refractivity contribution in [1.29, 1.82) is 0 Å². The van der Waals surface area contributed by atoms with Gasteiger partial charge in [-0.15, -0.1) is 0 Å². The van der Waals surface area contributed by atoms with Crippen molar-refractivity contribution >= 4 is 11.4 Å². The van der Waals surface area contributed by atoms with Crippen LogP contribution in [0.2, 0.25) is 0 Å². The molecule has 3 N–H and O–H groups in total. The summed E-state index contributed by atoms with van der Waals surface area (Å²) in [5, 5.41) is 14.2. The molecule has 5 nitrogen and oxygen atoms in total. The van der Waals surface area contributed by atoms with E-state index in [1.54, 1.807) is 12.1 Å². The summed E-state index contributed by atoms with van der Waals surface area (Å²) in [6.45, 7) is 2.54. The highest BCUT2D eigenvalue weighted by atomic mass is 16.6. The average Bonchev–Trinajstić information content (AvgIpc) is 2.75. The fourth-order valence-corrected chi connectivity index (χ4v) is 2.67. The quantitative estimate of drug-likeness (QED) is 0.634. The number of nitrogens with two attached hydrogens (primary N) is 1. The number of non-ortho nitro benzene ring substituents is 1. The Kier molecular flexibility index (Phi) is 3.81. The summed E-state index contributed by atoms with van der Waals surface area (Å²) in [7, 11) is 0. The average molecular weight is 249 g/mol. The Hall–Kier alpha value is -1.62. The highest BCUT2D eigenvalue weighted by Crippen LogP contribution is 2.29. The molecule has 0 aromatic heterocycles. The molecule has 0 aliphatic heterocycles. The summed E-state index contributed by atoms with van der Waals surface area (Å²) < 4.78 is 0. The van der Waals surface area contributed by atoms with Gasteiger partial charge in [0, 0.05) is 23.9 Å². The molecular formula is C13H19N3O2. The summed E-state index contributed by atoms with van der Waals surface area (Å²) >= 11 is 0. The van der Waals surface area contributed by atoms with Crippen LogP contribution in [-0.4, -0.2) is 17.5 Å². The van der Waals surface area contributed by atoms with Crippen molar-refractivity contribution in [3.8, 4) is 0 Å². The minimum Gasteiger partial charge on any atom is -0.382 e.